The summed E-state index contributed by atoms with van der Waals surface area (Å²) in [6.07, 6.45) is 5.77. The van der Waals surface area contributed by atoms with Crippen LogP contribution in [0.1, 0.15) is 100 Å². The van der Waals surface area contributed by atoms with Crippen LogP contribution in [0.3, 0.4) is 0 Å². The lowest BCUT2D eigenvalue weighted by molar-refractivity contribution is -0.173. The number of rotatable bonds is 6. The van der Waals surface area contributed by atoms with Crippen LogP contribution in [-0.4, -0.2) is 52.3 Å². The molecule has 39 heavy (non-hydrogen) atoms. The second kappa shape index (κ2) is 9.40. The van der Waals surface area contributed by atoms with E-state index in [9.17, 15) is 19.5 Å². The quantitative estimate of drug-likeness (QED) is 0.363. The number of aliphatic hydroxyl groups excluding tert-OH is 1. The van der Waals surface area contributed by atoms with Crippen LogP contribution in [-0.2, 0) is 28.6 Å². The summed E-state index contributed by atoms with van der Waals surface area (Å²) in [5.74, 6) is 0.401. The average molecular weight is 545 g/mol. The standard InChI is InChI=1S/C32H48O7/c1-17(26(37-18(2)33)16-31(7)29(4,5)39-31)22-9-10-23-28-24(11-12-30(22,23)6)32(8)20(14-25(28)36)13-21(35)15-27(32)38-19(3)34/h13,17,22-28,36H,9-12,14-16H2,1-8H3/t17-,22+,23-,24-,25+,26+,27-,28-,30+,31-,32-/m0/s1. The maximum absolute atomic E-state index is 12.6. The molecular formula is C32H48O7. The average Bonchev–Trinajstić information content (AvgIpc) is 3.12. The van der Waals surface area contributed by atoms with Gasteiger partial charge in [-0.25, -0.2) is 0 Å². The summed E-state index contributed by atoms with van der Waals surface area (Å²) < 4.78 is 17.8. The Hall–Kier alpha value is -1.73. The molecule has 218 valence electrons. The summed E-state index contributed by atoms with van der Waals surface area (Å²) in [6, 6.07) is 0. The van der Waals surface area contributed by atoms with Crippen molar-refractivity contribution in [3.8, 4) is 0 Å². The van der Waals surface area contributed by atoms with Crippen LogP contribution in [0.15, 0.2) is 11.6 Å². The van der Waals surface area contributed by atoms with Gasteiger partial charge in [-0.15, -0.1) is 0 Å². The number of aliphatic hydroxyl groups is 1. The SMILES string of the molecule is CC(=O)O[C@H]1CC(=O)C=C2C[C@@H](O)[C@H]3[C@@H]4CC[C@H]([C@H](C)[C@@H](C[C@]5(C)OC5(C)C)OC(C)=O)[C@@]4(C)CC[C@@H]3[C@]21C. The molecule has 5 rings (SSSR count). The third-order valence-corrected chi connectivity index (χ3v) is 12.3. The molecule has 0 aromatic carbocycles. The van der Waals surface area contributed by atoms with Gasteiger partial charge < -0.3 is 19.3 Å². The Labute approximate surface area is 233 Å². The van der Waals surface area contributed by atoms with E-state index in [0.29, 0.717) is 24.7 Å². The summed E-state index contributed by atoms with van der Waals surface area (Å²) in [6.45, 7) is 16.0. The molecule has 7 nitrogen and oxygen atoms in total. The molecule has 5 aliphatic rings. The van der Waals surface area contributed by atoms with Crippen LogP contribution in [0.2, 0.25) is 0 Å². The molecular weight excluding hydrogens is 496 g/mol. The predicted octanol–water partition coefficient (Wildman–Crippen LogP) is 5.17. The van der Waals surface area contributed by atoms with Crippen molar-refractivity contribution in [3.05, 3.63) is 11.6 Å². The monoisotopic (exact) mass is 544 g/mol. The molecule has 1 N–H and O–H groups in total. The van der Waals surface area contributed by atoms with Crippen LogP contribution in [0.5, 0.6) is 0 Å². The van der Waals surface area contributed by atoms with E-state index in [4.69, 9.17) is 14.2 Å². The highest BCUT2D eigenvalue weighted by atomic mass is 16.6. The molecule has 0 aromatic rings. The minimum Gasteiger partial charge on any atom is -0.462 e. The molecule has 7 heteroatoms. The Morgan fingerprint density at radius 3 is 2.31 bits per heavy atom. The van der Waals surface area contributed by atoms with Gasteiger partial charge in [0, 0.05) is 32.1 Å². The highest BCUT2D eigenvalue weighted by Crippen LogP contribution is 2.68. The van der Waals surface area contributed by atoms with Crippen molar-refractivity contribution < 1.29 is 33.7 Å². The zero-order valence-electron chi connectivity index (χ0n) is 25.0. The fraction of sp³-hybridized carbons (Fsp3) is 0.844. The summed E-state index contributed by atoms with van der Waals surface area (Å²) in [5.41, 5.74) is -0.0322. The molecule has 0 radical (unpaired) electrons. The van der Waals surface area contributed by atoms with E-state index in [0.717, 1.165) is 31.3 Å². The lowest BCUT2D eigenvalue weighted by Gasteiger charge is -2.61. The summed E-state index contributed by atoms with van der Waals surface area (Å²) >= 11 is 0. The van der Waals surface area contributed by atoms with Crippen molar-refractivity contribution in [1.82, 2.24) is 0 Å². The molecule has 0 spiro atoms. The number of esters is 2. The van der Waals surface area contributed by atoms with Crippen LogP contribution < -0.4 is 0 Å². The number of hydrogen-bond acceptors (Lipinski definition) is 7. The van der Waals surface area contributed by atoms with Gasteiger partial charge >= 0.3 is 11.9 Å². The van der Waals surface area contributed by atoms with Gasteiger partial charge in [-0.2, -0.15) is 0 Å². The van der Waals surface area contributed by atoms with Crippen molar-refractivity contribution in [2.24, 2.45) is 40.4 Å². The number of ether oxygens (including phenoxy) is 3. The molecule has 0 unspecified atom stereocenters. The van der Waals surface area contributed by atoms with Crippen molar-refractivity contribution in [1.29, 1.82) is 0 Å². The molecule has 4 aliphatic carbocycles. The van der Waals surface area contributed by atoms with Gasteiger partial charge in [0.1, 0.15) is 12.2 Å². The van der Waals surface area contributed by atoms with E-state index in [-0.39, 0.29) is 64.6 Å². The number of ketones is 1. The van der Waals surface area contributed by atoms with Crippen molar-refractivity contribution in [3.63, 3.8) is 0 Å². The fourth-order valence-electron chi connectivity index (χ4n) is 9.84. The Bertz CT molecular complexity index is 1080. The van der Waals surface area contributed by atoms with Crippen LogP contribution >= 0.6 is 0 Å². The summed E-state index contributed by atoms with van der Waals surface area (Å²) in [7, 11) is 0. The lowest BCUT2D eigenvalue weighted by Crippen LogP contribution is -2.60. The van der Waals surface area contributed by atoms with Crippen LogP contribution in [0.4, 0.5) is 0 Å². The lowest BCUT2D eigenvalue weighted by atomic mass is 9.45. The highest BCUT2D eigenvalue weighted by Gasteiger charge is 2.66. The molecule has 11 atom stereocenters. The maximum atomic E-state index is 12.6. The molecule has 1 heterocycles. The van der Waals surface area contributed by atoms with Gasteiger partial charge in [0.05, 0.1) is 17.3 Å². The first-order chi connectivity index (χ1) is 18.0. The zero-order valence-corrected chi connectivity index (χ0v) is 25.0. The van der Waals surface area contributed by atoms with Crippen molar-refractivity contribution >= 4 is 17.7 Å². The van der Waals surface area contributed by atoms with Crippen molar-refractivity contribution in [2.45, 2.75) is 130 Å². The third kappa shape index (κ3) is 4.50. The summed E-state index contributed by atoms with van der Waals surface area (Å²) in [4.78, 5) is 36.8. The number of hydrogen-bond donors (Lipinski definition) is 1. The van der Waals surface area contributed by atoms with Gasteiger partial charge in [0.2, 0.25) is 0 Å². The van der Waals surface area contributed by atoms with E-state index < -0.39 is 17.6 Å². The fourth-order valence-corrected chi connectivity index (χ4v) is 9.84. The Morgan fingerprint density at radius 2 is 1.72 bits per heavy atom. The smallest absolute Gasteiger partial charge is 0.302 e. The molecule has 4 fully saturated rings. The van der Waals surface area contributed by atoms with E-state index in [1.807, 2.05) is 0 Å². The van der Waals surface area contributed by atoms with Gasteiger partial charge in [-0.3, -0.25) is 14.4 Å². The van der Waals surface area contributed by atoms with Gasteiger partial charge in [-0.05, 0) is 94.0 Å². The molecule has 1 aliphatic heterocycles. The number of carbonyl (C=O) groups is 3. The normalized spacial score (nSPS) is 45.7. The zero-order chi connectivity index (χ0) is 28.7. The highest BCUT2D eigenvalue weighted by molar-refractivity contribution is 5.92. The van der Waals surface area contributed by atoms with E-state index in [1.54, 1.807) is 6.08 Å². The minimum absolute atomic E-state index is 0.000212. The first-order valence-corrected chi connectivity index (χ1v) is 15.0. The van der Waals surface area contributed by atoms with Crippen LogP contribution in [0.25, 0.3) is 0 Å². The largest absolute Gasteiger partial charge is 0.462 e. The molecule has 0 aromatic heterocycles. The van der Waals surface area contributed by atoms with E-state index in [1.165, 1.54) is 13.8 Å². The first-order valence-electron chi connectivity index (χ1n) is 15.0. The number of epoxide rings is 1. The van der Waals surface area contributed by atoms with Gasteiger partial charge in [-0.1, -0.05) is 26.3 Å². The van der Waals surface area contributed by atoms with Gasteiger partial charge in [0.15, 0.2) is 5.78 Å². The molecule has 0 amide bonds. The van der Waals surface area contributed by atoms with Crippen molar-refractivity contribution in [2.75, 3.05) is 0 Å². The van der Waals surface area contributed by atoms with Crippen LogP contribution in [0, 0.1) is 40.4 Å². The number of carbonyl (C=O) groups excluding carboxylic acids is 3. The molecule has 0 bridgehead atoms. The minimum atomic E-state index is -0.527. The first kappa shape index (κ1) is 28.8. The van der Waals surface area contributed by atoms with E-state index in [2.05, 4.69) is 41.5 Å². The van der Waals surface area contributed by atoms with Gasteiger partial charge in [0.25, 0.3) is 0 Å². The second-order valence-corrected chi connectivity index (χ2v) is 14.6. The Balaban J connectivity index is 1.43. The maximum Gasteiger partial charge on any atom is 0.302 e. The second-order valence-electron chi connectivity index (χ2n) is 14.6. The van der Waals surface area contributed by atoms with E-state index >= 15 is 0 Å². The topological polar surface area (TPSA) is 102 Å². The third-order valence-electron chi connectivity index (χ3n) is 12.3. The molecule has 1 saturated heterocycles. The summed E-state index contributed by atoms with van der Waals surface area (Å²) in [5, 5.41) is 11.6. The Morgan fingerprint density at radius 1 is 1.05 bits per heavy atom. The predicted molar refractivity (Wildman–Crippen MR) is 145 cm³/mol. The molecule has 3 saturated carbocycles. The Kier molecular flexibility index (Phi) is 6.94. The number of fused-ring (bicyclic) bond motifs is 5.